The second-order valence-corrected chi connectivity index (χ2v) is 8.67. The Morgan fingerprint density at radius 1 is 1.09 bits per heavy atom. The molecule has 0 radical (unpaired) electrons. The summed E-state index contributed by atoms with van der Waals surface area (Å²) in [4.78, 5) is 27.2. The van der Waals surface area contributed by atoms with Gasteiger partial charge in [-0.3, -0.25) is 10.1 Å². The predicted molar refractivity (Wildman–Crippen MR) is 135 cm³/mol. The molecule has 1 heterocycles. The number of rotatable bonds is 7. The zero-order valence-electron chi connectivity index (χ0n) is 18.3. The third-order valence-corrected chi connectivity index (χ3v) is 5.78. The van der Waals surface area contributed by atoms with Crippen LogP contribution in [0, 0.1) is 20.6 Å². The van der Waals surface area contributed by atoms with Crippen LogP contribution in [-0.4, -0.2) is 23.9 Å². The van der Waals surface area contributed by atoms with Crippen molar-refractivity contribution in [3.63, 3.8) is 0 Å². The Bertz CT molecular complexity index is 1330. The van der Waals surface area contributed by atoms with E-state index in [4.69, 9.17) is 14.2 Å². The number of carbonyl (C=O) groups excluding carboxylic acids is 1. The Balaban J connectivity index is 1.54. The molecule has 0 aromatic heterocycles. The van der Waals surface area contributed by atoms with Crippen LogP contribution in [0.2, 0.25) is 0 Å². The van der Waals surface area contributed by atoms with Crippen LogP contribution in [0.3, 0.4) is 0 Å². The summed E-state index contributed by atoms with van der Waals surface area (Å²) >= 11 is 2.25. The summed E-state index contributed by atoms with van der Waals surface area (Å²) in [5, 5.41) is 11.0. The maximum Gasteiger partial charge on any atom is 0.363 e. The van der Waals surface area contributed by atoms with Gasteiger partial charge in [-0.2, -0.15) is 0 Å². The lowest BCUT2D eigenvalue weighted by atomic mass is 10.1. The molecule has 0 N–H and O–H groups in total. The van der Waals surface area contributed by atoms with Gasteiger partial charge in [0, 0.05) is 20.8 Å². The fraction of sp³-hybridized carbons (Fsp3) is 0.120. The number of nitro benzene ring substituents is 1. The Morgan fingerprint density at radius 2 is 1.85 bits per heavy atom. The number of esters is 1. The van der Waals surface area contributed by atoms with Crippen molar-refractivity contribution in [2.75, 3.05) is 7.11 Å². The largest absolute Gasteiger partial charge is 0.493 e. The van der Waals surface area contributed by atoms with Crippen LogP contribution in [0.4, 0.5) is 5.69 Å². The van der Waals surface area contributed by atoms with Crippen molar-refractivity contribution in [1.82, 2.24) is 0 Å². The highest BCUT2D eigenvalue weighted by Gasteiger charge is 2.25. The van der Waals surface area contributed by atoms with Gasteiger partial charge in [-0.05, 0) is 83.1 Å². The minimum Gasteiger partial charge on any atom is -0.493 e. The van der Waals surface area contributed by atoms with Crippen molar-refractivity contribution < 1.29 is 23.9 Å². The highest BCUT2D eigenvalue weighted by atomic mass is 127. The Morgan fingerprint density at radius 3 is 2.53 bits per heavy atom. The van der Waals surface area contributed by atoms with Crippen molar-refractivity contribution in [1.29, 1.82) is 0 Å². The Kier molecular flexibility index (Phi) is 6.92. The monoisotopic (exact) mass is 570 g/mol. The van der Waals surface area contributed by atoms with Crippen molar-refractivity contribution in [3.8, 4) is 11.5 Å². The first-order valence-corrected chi connectivity index (χ1v) is 11.2. The van der Waals surface area contributed by atoms with E-state index in [0.29, 0.717) is 34.8 Å². The Hall–Kier alpha value is -3.73. The summed E-state index contributed by atoms with van der Waals surface area (Å²) in [6.45, 7) is 2.01. The zero-order chi connectivity index (χ0) is 24.2. The first-order valence-electron chi connectivity index (χ1n) is 10.2. The molecule has 0 amide bonds. The third kappa shape index (κ3) is 5.25. The van der Waals surface area contributed by atoms with E-state index >= 15 is 0 Å². The smallest absolute Gasteiger partial charge is 0.363 e. The first kappa shape index (κ1) is 23.4. The summed E-state index contributed by atoms with van der Waals surface area (Å²) in [7, 11) is 1.54. The topological polar surface area (TPSA) is 100 Å². The quantitative estimate of drug-likeness (QED) is 0.123. The molecule has 0 spiro atoms. The Labute approximate surface area is 209 Å². The number of aliphatic imine (C=N–C) groups is 1. The summed E-state index contributed by atoms with van der Waals surface area (Å²) in [6, 6.07) is 17.8. The van der Waals surface area contributed by atoms with Gasteiger partial charge in [0.25, 0.3) is 5.69 Å². The van der Waals surface area contributed by atoms with Gasteiger partial charge >= 0.3 is 5.97 Å². The second-order valence-electron chi connectivity index (χ2n) is 7.42. The van der Waals surface area contributed by atoms with Crippen molar-refractivity contribution in [2.45, 2.75) is 13.5 Å². The summed E-state index contributed by atoms with van der Waals surface area (Å²) in [6.07, 6.45) is 1.58. The van der Waals surface area contributed by atoms with E-state index in [1.807, 2.05) is 24.3 Å². The molecular formula is C25H19IN2O6. The summed E-state index contributed by atoms with van der Waals surface area (Å²) < 4.78 is 17.8. The van der Waals surface area contributed by atoms with Crippen LogP contribution in [-0.2, 0) is 16.1 Å². The minimum atomic E-state index is -0.607. The fourth-order valence-electron chi connectivity index (χ4n) is 3.32. The number of hydrogen-bond donors (Lipinski definition) is 0. The van der Waals surface area contributed by atoms with Gasteiger partial charge in [-0.1, -0.05) is 18.2 Å². The van der Waals surface area contributed by atoms with Gasteiger partial charge in [0.15, 0.2) is 17.2 Å². The molecule has 4 rings (SSSR count). The number of nitro groups is 1. The fourth-order valence-corrected chi connectivity index (χ4v) is 3.68. The van der Waals surface area contributed by atoms with Gasteiger partial charge in [-0.25, -0.2) is 9.79 Å². The average molecular weight is 570 g/mol. The molecular weight excluding hydrogens is 551 g/mol. The molecule has 172 valence electrons. The van der Waals surface area contributed by atoms with Gasteiger partial charge in [0.2, 0.25) is 5.90 Å². The predicted octanol–water partition coefficient (Wildman–Crippen LogP) is 5.44. The number of cyclic esters (lactones) is 1. The summed E-state index contributed by atoms with van der Waals surface area (Å²) in [5.74, 6) is 0.576. The third-order valence-electron chi connectivity index (χ3n) is 5.06. The maximum absolute atomic E-state index is 12.4. The minimum absolute atomic E-state index is 0.0131. The average Bonchev–Trinajstić information content (AvgIpc) is 3.18. The first-order chi connectivity index (χ1) is 16.3. The number of benzene rings is 3. The van der Waals surface area contributed by atoms with Crippen LogP contribution < -0.4 is 9.47 Å². The lowest BCUT2D eigenvalue weighted by Gasteiger charge is -2.11. The van der Waals surface area contributed by atoms with Crippen LogP contribution in [0.15, 0.2) is 71.4 Å². The molecule has 0 aliphatic carbocycles. The van der Waals surface area contributed by atoms with Gasteiger partial charge in [0.1, 0.15) is 6.61 Å². The van der Waals surface area contributed by atoms with E-state index in [-0.39, 0.29) is 17.3 Å². The molecule has 1 aliphatic rings. The zero-order valence-corrected chi connectivity index (χ0v) is 20.4. The SMILES string of the molecule is COc1cc(/C=C2\N=C(c3ccc([N+](=O)[O-])c(C)c3)OC2=O)ccc1OCc1ccc(I)cc1. The van der Waals surface area contributed by atoms with Crippen molar-refractivity contribution in [3.05, 3.63) is 102 Å². The molecule has 0 atom stereocenters. The van der Waals surface area contributed by atoms with Gasteiger partial charge in [-0.15, -0.1) is 0 Å². The molecule has 3 aromatic rings. The lowest BCUT2D eigenvalue weighted by molar-refractivity contribution is -0.385. The molecule has 9 heteroatoms. The van der Waals surface area contributed by atoms with Crippen molar-refractivity contribution >= 4 is 46.2 Å². The van der Waals surface area contributed by atoms with Crippen LogP contribution in [0.1, 0.15) is 22.3 Å². The van der Waals surface area contributed by atoms with Crippen LogP contribution in [0.25, 0.3) is 6.08 Å². The maximum atomic E-state index is 12.4. The number of carbonyl (C=O) groups is 1. The molecule has 0 saturated carbocycles. The number of halogens is 1. The molecule has 0 saturated heterocycles. The van der Waals surface area contributed by atoms with Gasteiger partial charge in [0.05, 0.1) is 12.0 Å². The molecule has 8 nitrogen and oxygen atoms in total. The second kappa shape index (κ2) is 10.0. The molecule has 1 aliphatic heterocycles. The van der Waals surface area contributed by atoms with E-state index in [0.717, 1.165) is 9.13 Å². The number of hydrogen-bond acceptors (Lipinski definition) is 7. The molecule has 3 aromatic carbocycles. The molecule has 0 bridgehead atoms. The van der Waals surface area contributed by atoms with Crippen LogP contribution >= 0.6 is 22.6 Å². The molecule has 0 unspecified atom stereocenters. The molecule has 34 heavy (non-hydrogen) atoms. The summed E-state index contributed by atoms with van der Waals surface area (Å²) in [5.41, 5.74) is 2.74. The number of aryl methyl sites for hydroxylation is 1. The molecule has 0 fully saturated rings. The lowest BCUT2D eigenvalue weighted by Crippen LogP contribution is -2.06. The van der Waals surface area contributed by atoms with Gasteiger partial charge < -0.3 is 14.2 Å². The van der Waals surface area contributed by atoms with E-state index in [2.05, 4.69) is 27.6 Å². The number of methoxy groups -OCH3 is 1. The van der Waals surface area contributed by atoms with E-state index in [1.54, 1.807) is 44.4 Å². The standard InChI is InChI=1S/C25H19IN2O6/c1-15-11-18(6-9-21(15)28(30)31)24-27-20(25(29)34-24)12-17-5-10-22(23(13-17)32-2)33-14-16-3-7-19(26)8-4-16/h3-13H,14H2,1-2H3/b20-12-. The van der Waals surface area contributed by atoms with E-state index in [9.17, 15) is 14.9 Å². The highest BCUT2D eigenvalue weighted by molar-refractivity contribution is 14.1. The van der Waals surface area contributed by atoms with Crippen LogP contribution in [0.5, 0.6) is 11.5 Å². The number of nitrogens with zero attached hydrogens (tertiary/aromatic N) is 2. The highest BCUT2D eigenvalue weighted by Crippen LogP contribution is 2.31. The van der Waals surface area contributed by atoms with Crippen molar-refractivity contribution in [2.24, 2.45) is 4.99 Å². The van der Waals surface area contributed by atoms with E-state index < -0.39 is 10.9 Å². The number of ether oxygens (including phenoxy) is 3. The normalized spacial score (nSPS) is 14.0. The van der Waals surface area contributed by atoms with E-state index in [1.165, 1.54) is 12.1 Å².